The summed E-state index contributed by atoms with van der Waals surface area (Å²) in [7, 11) is 1.82. The van der Waals surface area contributed by atoms with Crippen LogP contribution >= 0.6 is 23.2 Å². The maximum atomic E-state index is 13.9. The van der Waals surface area contributed by atoms with Gasteiger partial charge in [0.2, 0.25) is 0 Å². The fraction of sp³-hybridized carbons (Fsp3) is 0.294. The quantitative estimate of drug-likeness (QED) is 0.614. The summed E-state index contributed by atoms with van der Waals surface area (Å²) in [5, 5.41) is 16.0. The first kappa shape index (κ1) is 19.1. The average Bonchev–Trinajstić information content (AvgIpc) is 2.85. The Balaban J connectivity index is 2.08. The van der Waals surface area contributed by atoms with Crippen molar-refractivity contribution in [1.82, 2.24) is 15.2 Å². The monoisotopic (exact) mass is 381 g/mol. The standard InChI is InChI=1S/C17H18Cl2FN5/c1-3-22-17(24-10-13-7-14(18)16(19)25(13)2)23-9-12-5-4-11(8-21)6-15(12)20/h4-7H,3,9-10H2,1-2H3,(H2,22,23,24). The molecule has 0 bridgehead atoms. The molecule has 5 nitrogen and oxygen atoms in total. The molecule has 0 spiro atoms. The first-order chi connectivity index (χ1) is 12.0. The summed E-state index contributed by atoms with van der Waals surface area (Å²) < 4.78 is 15.7. The van der Waals surface area contributed by atoms with Crippen molar-refractivity contribution in [3.05, 3.63) is 57.1 Å². The lowest BCUT2D eigenvalue weighted by Gasteiger charge is -2.12. The van der Waals surface area contributed by atoms with E-state index in [1.165, 1.54) is 6.07 Å². The number of guanidine groups is 1. The lowest BCUT2D eigenvalue weighted by molar-refractivity contribution is 0.609. The molecule has 0 aliphatic carbocycles. The van der Waals surface area contributed by atoms with Crippen LogP contribution < -0.4 is 10.6 Å². The van der Waals surface area contributed by atoms with Crippen LogP contribution in [-0.2, 0) is 20.1 Å². The Kier molecular flexibility index (Phi) is 6.68. The number of rotatable bonds is 5. The molecule has 2 rings (SSSR count). The number of aliphatic imine (C=N–C) groups is 1. The van der Waals surface area contributed by atoms with Crippen molar-refractivity contribution in [1.29, 1.82) is 5.26 Å². The highest BCUT2D eigenvalue weighted by atomic mass is 35.5. The van der Waals surface area contributed by atoms with E-state index in [0.29, 0.717) is 34.8 Å². The van der Waals surface area contributed by atoms with Crippen molar-refractivity contribution in [3.63, 3.8) is 0 Å². The van der Waals surface area contributed by atoms with E-state index in [1.807, 2.05) is 20.0 Å². The van der Waals surface area contributed by atoms with Gasteiger partial charge in [-0.15, -0.1) is 0 Å². The molecule has 25 heavy (non-hydrogen) atoms. The summed E-state index contributed by atoms with van der Waals surface area (Å²) in [5.74, 6) is 0.0966. The number of hydrogen-bond acceptors (Lipinski definition) is 2. The Labute approximate surface area is 156 Å². The predicted molar refractivity (Wildman–Crippen MR) is 98.2 cm³/mol. The third-order valence-corrected chi connectivity index (χ3v) is 4.43. The summed E-state index contributed by atoms with van der Waals surface area (Å²) in [6.07, 6.45) is 0. The zero-order valence-electron chi connectivity index (χ0n) is 13.9. The fourth-order valence-corrected chi connectivity index (χ4v) is 2.60. The maximum Gasteiger partial charge on any atom is 0.191 e. The number of nitrogens with one attached hydrogen (secondary N) is 2. The molecule has 0 atom stereocenters. The molecule has 0 radical (unpaired) electrons. The normalized spacial score (nSPS) is 11.3. The molecule has 0 aliphatic rings. The number of nitriles is 1. The zero-order valence-corrected chi connectivity index (χ0v) is 15.4. The minimum Gasteiger partial charge on any atom is -0.357 e. The smallest absolute Gasteiger partial charge is 0.191 e. The molecule has 1 aromatic carbocycles. The minimum absolute atomic E-state index is 0.154. The van der Waals surface area contributed by atoms with Gasteiger partial charge in [-0.05, 0) is 25.1 Å². The van der Waals surface area contributed by atoms with Crippen molar-refractivity contribution in [2.24, 2.45) is 12.0 Å². The third kappa shape index (κ3) is 4.88. The van der Waals surface area contributed by atoms with Crippen LogP contribution in [-0.4, -0.2) is 17.1 Å². The molecule has 8 heteroatoms. The van der Waals surface area contributed by atoms with Crippen LogP contribution in [0.1, 0.15) is 23.7 Å². The summed E-state index contributed by atoms with van der Waals surface area (Å²) in [6.45, 7) is 3.22. The van der Waals surface area contributed by atoms with E-state index >= 15 is 0 Å². The Morgan fingerprint density at radius 3 is 2.64 bits per heavy atom. The SMILES string of the molecule is CCNC(=NCc1ccc(C#N)cc1F)NCc1cc(Cl)c(Cl)n1C. The average molecular weight is 382 g/mol. The van der Waals surface area contributed by atoms with E-state index in [9.17, 15) is 4.39 Å². The second kappa shape index (κ2) is 8.75. The van der Waals surface area contributed by atoms with Crippen LogP contribution in [0.25, 0.3) is 0 Å². The van der Waals surface area contributed by atoms with E-state index in [1.54, 1.807) is 22.8 Å². The summed E-state index contributed by atoms with van der Waals surface area (Å²) in [5.41, 5.74) is 1.60. The Bertz CT molecular complexity index is 823. The summed E-state index contributed by atoms with van der Waals surface area (Å²) in [4.78, 5) is 4.37. The third-order valence-electron chi connectivity index (χ3n) is 3.59. The van der Waals surface area contributed by atoms with Gasteiger partial charge in [-0.2, -0.15) is 5.26 Å². The lowest BCUT2D eigenvalue weighted by Crippen LogP contribution is -2.37. The van der Waals surface area contributed by atoms with Gasteiger partial charge in [-0.1, -0.05) is 29.3 Å². The number of hydrogen-bond donors (Lipinski definition) is 2. The first-order valence-corrected chi connectivity index (χ1v) is 8.42. The van der Waals surface area contributed by atoms with E-state index in [2.05, 4.69) is 15.6 Å². The van der Waals surface area contributed by atoms with E-state index in [0.717, 1.165) is 5.69 Å². The molecular weight excluding hydrogens is 364 g/mol. The van der Waals surface area contributed by atoms with Gasteiger partial charge in [-0.25, -0.2) is 9.38 Å². The van der Waals surface area contributed by atoms with Gasteiger partial charge in [0.25, 0.3) is 0 Å². The Hall–Kier alpha value is -2.23. The minimum atomic E-state index is -0.445. The maximum absolute atomic E-state index is 13.9. The number of benzene rings is 1. The van der Waals surface area contributed by atoms with Gasteiger partial charge < -0.3 is 15.2 Å². The number of nitrogens with zero attached hydrogens (tertiary/aromatic N) is 3. The predicted octanol–water partition coefficient (Wildman–Crippen LogP) is 3.60. The first-order valence-electron chi connectivity index (χ1n) is 7.66. The topological polar surface area (TPSA) is 65.1 Å². The fourth-order valence-electron chi connectivity index (χ4n) is 2.18. The molecule has 2 aromatic rings. The lowest BCUT2D eigenvalue weighted by atomic mass is 10.1. The molecule has 1 aromatic heterocycles. The molecular formula is C17H18Cl2FN5. The van der Waals surface area contributed by atoms with Crippen molar-refractivity contribution >= 4 is 29.2 Å². The largest absolute Gasteiger partial charge is 0.357 e. The number of halogens is 3. The summed E-state index contributed by atoms with van der Waals surface area (Å²) >= 11 is 12.1. The molecule has 0 fully saturated rings. The van der Waals surface area contributed by atoms with Crippen molar-refractivity contribution < 1.29 is 4.39 Å². The van der Waals surface area contributed by atoms with Crippen molar-refractivity contribution in [3.8, 4) is 6.07 Å². The second-order valence-corrected chi connectivity index (χ2v) is 6.07. The van der Waals surface area contributed by atoms with Gasteiger partial charge in [0.15, 0.2) is 5.96 Å². The highest BCUT2D eigenvalue weighted by Crippen LogP contribution is 2.24. The molecule has 2 N–H and O–H groups in total. The van der Waals surface area contributed by atoms with Crippen molar-refractivity contribution in [2.75, 3.05) is 6.54 Å². The van der Waals surface area contributed by atoms with E-state index in [4.69, 9.17) is 28.5 Å². The molecule has 0 saturated heterocycles. The summed E-state index contributed by atoms with van der Waals surface area (Å²) in [6, 6.07) is 8.03. The van der Waals surface area contributed by atoms with Gasteiger partial charge in [0, 0.05) is 24.8 Å². The molecule has 0 saturated carbocycles. The Morgan fingerprint density at radius 1 is 1.32 bits per heavy atom. The van der Waals surface area contributed by atoms with Gasteiger partial charge >= 0.3 is 0 Å². The van der Waals surface area contributed by atoms with Crippen molar-refractivity contribution in [2.45, 2.75) is 20.0 Å². The van der Waals surface area contributed by atoms with Crippen LogP contribution in [0.15, 0.2) is 29.3 Å². The van der Waals surface area contributed by atoms with Crippen LogP contribution in [0.4, 0.5) is 4.39 Å². The Morgan fingerprint density at radius 2 is 2.08 bits per heavy atom. The molecule has 0 amide bonds. The zero-order chi connectivity index (χ0) is 18.4. The van der Waals surface area contributed by atoms with Gasteiger partial charge in [0.1, 0.15) is 11.0 Å². The molecule has 1 heterocycles. The van der Waals surface area contributed by atoms with E-state index < -0.39 is 5.82 Å². The highest BCUT2D eigenvalue weighted by Gasteiger charge is 2.09. The van der Waals surface area contributed by atoms with Gasteiger partial charge in [-0.3, -0.25) is 0 Å². The molecule has 132 valence electrons. The molecule has 0 aliphatic heterocycles. The van der Waals surface area contributed by atoms with Crippen LogP contribution in [0.2, 0.25) is 10.2 Å². The van der Waals surface area contributed by atoms with Crippen LogP contribution in [0.5, 0.6) is 0 Å². The van der Waals surface area contributed by atoms with Gasteiger partial charge in [0.05, 0.1) is 29.7 Å². The number of aromatic nitrogens is 1. The van der Waals surface area contributed by atoms with E-state index in [-0.39, 0.29) is 12.1 Å². The second-order valence-electron chi connectivity index (χ2n) is 5.30. The highest BCUT2D eigenvalue weighted by molar-refractivity contribution is 6.41. The van der Waals surface area contributed by atoms with Crippen LogP contribution in [0.3, 0.4) is 0 Å². The van der Waals surface area contributed by atoms with Crippen LogP contribution in [0, 0.1) is 17.1 Å². The molecule has 0 unspecified atom stereocenters.